The van der Waals surface area contributed by atoms with Crippen molar-refractivity contribution in [2.24, 2.45) is 5.10 Å². The molecule has 0 aliphatic carbocycles. The SMILES string of the molecule is CCOc1cc(C(=O)N/N=C/c2cc(Cl)ccc2OCc2ccc(C(=O)O)cc2)ccc1OC. The average Bonchev–Trinajstić information content (AvgIpc) is 2.84. The number of carboxylic acid groups (broad SMARTS) is 1. The number of hydrogen-bond acceptors (Lipinski definition) is 6. The van der Waals surface area contributed by atoms with Gasteiger partial charge in [-0.25, -0.2) is 10.2 Å². The highest BCUT2D eigenvalue weighted by atomic mass is 35.5. The third-order valence-electron chi connectivity index (χ3n) is 4.66. The molecule has 0 fully saturated rings. The van der Waals surface area contributed by atoms with E-state index >= 15 is 0 Å². The van der Waals surface area contributed by atoms with Crippen molar-refractivity contribution in [3.8, 4) is 17.2 Å². The van der Waals surface area contributed by atoms with Crippen LogP contribution in [0.15, 0.2) is 65.8 Å². The molecule has 0 aliphatic rings. The average molecular weight is 483 g/mol. The van der Waals surface area contributed by atoms with Crippen molar-refractivity contribution in [2.75, 3.05) is 13.7 Å². The van der Waals surface area contributed by atoms with Gasteiger partial charge >= 0.3 is 5.97 Å². The van der Waals surface area contributed by atoms with Crippen LogP contribution in [-0.2, 0) is 6.61 Å². The quantitative estimate of drug-likeness (QED) is 0.318. The second kappa shape index (κ2) is 11.7. The number of rotatable bonds is 10. The predicted molar refractivity (Wildman–Crippen MR) is 128 cm³/mol. The Bertz CT molecular complexity index is 1190. The summed E-state index contributed by atoms with van der Waals surface area (Å²) in [5.41, 5.74) is 4.37. The number of ether oxygens (including phenoxy) is 3. The Balaban J connectivity index is 1.68. The lowest BCUT2D eigenvalue weighted by Gasteiger charge is -2.11. The van der Waals surface area contributed by atoms with Crippen molar-refractivity contribution in [3.63, 3.8) is 0 Å². The molecule has 0 radical (unpaired) electrons. The zero-order valence-corrected chi connectivity index (χ0v) is 19.3. The van der Waals surface area contributed by atoms with E-state index in [1.165, 1.54) is 25.5 Å². The van der Waals surface area contributed by atoms with Crippen LogP contribution in [0.25, 0.3) is 0 Å². The number of nitrogens with one attached hydrogen (secondary N) is 1. The van der Waals surface area contributed by atoms with Crippen molar-refractivity contribution in [1.82, 2.24) is 5.43 Å². The third kappa shape index (κ3) is 6.49. The maximum Gasteiger partial charge on any atom is 0.335 e. The van der Waals surface area contributed by atoms with E-state index in [0.29, 0.717) is 40.0 Å². The molecule has 0 atom stereocenters. The summed E-state index contributed by atoms with van der Waals surface area (Å²) in [5.74, 6) is 0.0638. The number of hydrazone groups is 1. The first-order chi connectivity index (χ1) is 16.4. The second-order valence-corrected chi connectivity index (χ2v) is 7.41. The molecular weight excluding hydrogens is 460 g/mol. The van der Waals surface area contributed by atoms with Crippen molar-refractivity contribution < 1.29 is 28.9 Å². The normalized spacial score (nSPS) is 10.7. The first-order valence-electron chi connectivity index (χ1n) is 10.3. The van der Waals surface area contributed by atoms with Crippen LogP contribution in [0, 0.1) is 0 Å². The van der Waals surface area contributed by atoms with Gasteiger partial charge in [0.15, 0.2) is 11.5 Å². The van der Waals surface area contributed by atoms with Gasteiger partial charge in [-0.05, 0) is 61.0 Å². The minimum Gasteiger partial charge on any atom is -0.493 e. The van der Waals surface area contributed by atoms with Crippen molar-refractivity contribution >= 4 is 29.7 Å². The summed E-state index contributed by atoms with van der Waals surface area (Å²) in [7, 11) is 1.53. The number of nitrogens with zero attached hydrogens (tertiary/aromatic N) is 1. The zero-order valence-electron chi connectivity index (χ0n) is 18.6. The molecule has 9 heteroatoms. The molecule has 176 valence electrons. The highest BCUT2D eigenvalue weighted by Gasteiger charge is 2.11. The lowest BCUT2D eigenvalue weighted by atomic mass is 10.1. The van der Waals surface area contributed by atoms with E-state index in [-0.39, 0.29) is 12.2 Å². The van der Waals surface area contributed by atoms with Gasteiger partial charge in [0.1, 0.15) is 12.4 Å². The maximum atomic E-state index is 12.5. The number of amides is 1. The summed E-state index contributed by atoms with van der Waals surface area (Å²) >= 11 is 6.11. The smallest absolute Gasteiger partial charge is 0.335 e. The highest BCUT2D eigenvalue weighted by molar-refractivity contribution is 6.30. The fraction of sp³-hybridized carbons (Fsp3) is 0.160. The molecule has 3 aromatic rings. The minimum absolute atomic E-state index is 0.198. The first kappa shape index (κ1) is 24.6. The Morgan fingerprint density at radius 2 is 1.68 bits per heavy atom. The summed E-state index contributed by atoms with van der Waals surface area (Å²) in [6.07, 6.45) is 1.43. The highest BCUT2D eigenvalue weighted by Crippen LogP contribution is 2.28. The molecule has 0 saturated carbocycles. The van der Waals surface area contributed by atoms with E-state index in [9.17, 15) is 9.59 Å². The van der Waals surface area contributed by atoms with E-state index in [0.717, 1.165) is 5.56 Å². The van der Waals surface area contributed by atoms with Crippen LogP contribution in [-0.4, -0.2) is 36.9 Å². The predicted octanol–water partition coefficient (Wildman–Crippen LogP) is 4.79. The molecule has 0 aliphatic heterocycles. The van der Waals surface area contributed by atoms with E-state index in [2.05, 4.69) is 10.5 Å². The topological polar surface area (TPSA) is 106 Å². The van der Waals surface area contributed by atoms with E-state index in [1.54, 1.807) is 48.5 Å². The lowest BCUT2D eigenvalue weighted by molar-refractivity contribution is 0.0696. The van der Waals surface area contributed by atoms with E-state index in [4.69, 9.17) is 30.9 Å². The Kier molecular flexibility index (Phi) is 8.48. The molecule has 8 nitrogen and oxygen atoms in total. The van der Waals surface area contributed by atoms with Crippen molar-refractivity contribution in [1.29, 1.82) is 0 Å². The molecule has 0 unspecified atom stereocenters. The van der Waals surface area contributed by atoms with Crippen molar-refractivity contribution in [3.05, 3.63) is 87.9 Å². The first-order valence-corrected chi connectivity index (χ1v) is 10.7. The molecule has 34 heavy (non-hydrogen) atoms. The van der Waals surface area contributed by atoms with E-state index < -0.39 is 11.9 Å². The lowest BCUT2D eigenvalue weighted by Crippen LogP contribution is -2.17. The van der Waals surface area contributed by atoms with Crippen LogP contribution in [0.3, 0.4) is 0 Å². The molecule has 3 rings (SSSR count). The Labute approximate surface area is 201 Å². The summed E-state index contributed by atoms with van der Waals surface area (Å²) in [6.45, 7) is 2.48. The van der Waals surface area contributed by atoms with Gasteiger partial charge in [-0.1, -0.05) is 23.7 Å². The number of aromatic carboxylic acids is 1. The standard InChI is InChI=1S/C25H23ClN2O6/c1-3-33-23-13-18(8-10-22(23)32-2)24(29)28-27-14-19-12-20(26)9-11-21(19)34-15-16-4-6-17(7-5-16)25(30)31/h4-14H,3,15H2,1-2H3,(H,28,29)(H,30,31)/b27-14+. The monoisotopic (exact) mass is 482 g/mol. The van der Waals surface area contributed by atoms with Crippen LogP contribution in [0.2, 0.25) is 5.02 Å². The molecular formula is C25H23ClN2O6. The van der Waals surface area contributed by atoms with Gasteiger partial charge in [-0.2, -0.15) is 5.10 Å². The van der Waals surface area contributed by atoms with Crippen LogP contribution in [0.5, 0.6) is 17.2 Å². The Morgan fingerprint density at radius 3 is 2.35 bits per heavy atom. The summed E-state index contributed by atoms with van der Waals surface area (Å²) in [4.78, 5) is 23.5. The Hall–Kier alpha value is -4.04. The van der Waals surface area contributed by atoms with Crippen LogP contribution in [0.1, 0.15) is 38.8 Å². The molecule has 0 saturated heterocycles. The maximum absolute atomic E-state index is 12.5. The zero-order chi connectivity index (χ0) is 24.5. The summed E-state index contributed by atoms with van der Waals surface area (Å²) < 4.78 is 16.6. The number of hydrogen-bond donors (Lipinski definition) is 2. The van der Waals surface area contributed by atoms with Crippen molar-refractivity contribution in [2.45, 2.75) is 13.5 Å². The molecule has 0 bridgehead atoms. The van der Waals surface area contributed by atoms with Gasteiger partial charge < -0.3 is 19.3 Å². The third-order valence-corrected chi connectivity index (χ3v) is 4.90. The molecule has 3 aromatic carbocycles. The van der Waals surface area contributed by atoms with Crippen LogP contribution >= 0.6 is 11.6 Å². The molecule has 0 spiro atoms. The van der Waals surface area contributed by atoms with Gasteiger partial charge in [0.2, 0.25) is 0 Å². The van der Waals surface area contributed by atoms with Gasteiger partial charge in [0, 0.05) is 16.1 Å². The molecule has 0 heterocycles. The van der Waals surface area contributed by atoms with Crippen LogP contribution < -0.4 is 19.6 Å². The fourth-order valence-electron chi connectivity index (χ4n) is 2.97. The molecule has 2 N–H and O–H groups in total. The van der Waals surface area contributed by atoms with E-state index in [1.807, 2.05) is 6.92 Å². The largest absolute Gasteiger partial charge is 0.493 e. The minimum atomic E-state index is -0.991. The van der Waals surface area contributed by atoms with Crippen LogP contribution in [0.4, 0.5) is 0 Å². The van der Waals surface area contributed by atoms with Gasteiger partial charge in [0.05, 0.1) is 25.5 Å². The Morgan fingerprint density at radius 1 is 0.971 bits per heavy atom. The number of carbonyl (C=O) groups is 2. The van der Waals surface area contributed by atoms with Gasteiger partial charge in [0.25, 0.3) is 5.91 Å². The number of methoxy groups -OCH3 is 1. The van der Waals surface area contributed by atoms with Gasteiger partial charge in [-0.15, -0.1) is 0 Å². The number of carboxylic acids is 1. The number of benzene rings is 3. The number of carbonyl (C=O) groups excluding carboxylic acids is 1. The summed E-state index contributed by atoms with van der Waals surface area (Å²) in [5, 5.41) is 13.5. The second-order valence-electron chi connectivity index (χ2n) is 6.97. The summed E-state index contributed by atoms with van der Waals surface area (Å²) in [6, 6.07) is 16.2. The fourth-order valence-corrected chi connectivity index (χ4v) is 3.15. The number of halogens is 1. The molecule has 1 amide bonds. The van der Waals surface area contributed by atoms with Gasteiger partial charge in [-0.3, -0.25) is 4.79 Å². The molecule has 0 aromatic heterocycles.